The van der Waals surface area contributed by atoms with Crippen LogP contribution in [0.1, 0.15) is 11.6 Å². The smallest absolute Gasteiger partial charge is 0.244 e. The zero-order valence-corrected chi connectivity index (χ0v) is 7.31. The van der Waals surface area contributed by atoms with Gasteiger partial charge in [0.05, 0.1) is 0 Å². The van der Waals surface area contributed by atoms with Crippen LogP contribution >= 0.6 is 0 Å². The van der Waals surface area contributed by atoms with Gasteiger partial charge in [-0.1, -0.05) is 12.1 Å². The van der Waals surface area contributed by atoms with Crippen molar-refractivity contribution in [2.45, 2.75) is 6.04 Å². The van der Waals surface area contributed by atoms with E-state index in [1.807, 2.05) is 0 Å². The van der Waals surface area contributed by atoms with Gasteiger partial charge in [-0.25, -0.2) is 0 Å². The molecule has 0 saturated heterocycles. The van der Waals surface area contributed by atoms with E-state index >= 15 is 0 Å². The fraction of sp³-hybridized carbons (Fsp3) is 0.111. The largest absolute Gasteiger partial charge is 0.508 e. The third-order valence-electron chi connectivity index (χ3n) is 1.72. The first-order valence-corrected chi connectivity index (χ1v) is 3.93. The van der Waals surface area contributed by atoms with Crippen molar-refractivity contribution in [2.75, 3.05) is 0 Å². The Hall–Kier alpha value is -2.04. The van der Waals surface area contributed by atoms with E-state index in [0.29, 0.717) is 12.0 Å². The van der Waals surface area contributed by atoms with Gasteiger partial charge >= 0.3 is 0 Å². The van der Waals surface area contributed by atoms with Crippen molar-refractivity contribution in [1.29, 1.82) is 0 Å². The summed E-state index contributed by atoms with van der Waals surface area (Å²) in [6, 6.07) is 5.08. The maximum atomic E-state index is 10.9. The van der Waals surface area contributed by atoms with Gasteiger partial charge in [0.25, 0.3) is 0 Å². The number of carbonyl (C=O) groups is 2. The van der Waals surface area contributed by atoms with Crippen LogP contribution in [0, 0.1) is 0 Å². The highest BCUT2D eigenvalue weighted by atomic mass is 16.3. The summed E-state index contributed by atoms with van der Waals surface area (Å²) in [7, 11) is 0. The molecule has 74 valence electrons. The van der Waals surface area contributed by atoms with Crippen LogP contribution in [0.25, 0.3) is 0 Å². The summed E-state index contributed by atoms with van der Waals surface area (Å²) in [5, 5.41) is 11.4. The summed E-state index contributed by atoms with van der Waals surface area (Å²) in [5.41, 5.74) is 5.51. The van der Waals surface area contributed by atoms with Crippen molar-refractivity contribution < 1.29 is 14.7 Å². The number of amides is 2. The molecule has 0 aliphatic heterocycles. The fourth-order valence-electron chi connectivity index (χ4n) is 1.12. The van der Waals surface area contributed by atoms with Gasteiger partial charge in [0.2, 0.25) is 12.3 Å². The highest BCUT2D eigenvalue weighted by Gasteiger charge is 2.16. The minimum absolute atomic E-state index is 0.0152. The topological polar surface area (TPSA) is 92.4 Å². The number of nitrogens with two attached hydrogens (primary N) is 1. The minimum Gasteiger partial charge on any atom is -0.508 e. The molecule has 1 rings (SSSR count). The molecule has 0 heterocycles. The van der Waals surface area contributed by atoms with E-state index in [1.54, 1.807) is 12.1 Å². The lowest BCUT2D eigenvalue weighted by Gasteiger charge is -2.12. The molecule has 0 aromatic heterocycles. The minimum atomic E-state index is -0.903. The molecule has 0 aliphatic carbocycles. The van der Waals surface area contributed by atoms with E-state index in [9.17, 15) is 9.59 Å². The van der Waals surface area contributed by atoms with Crippen molar-refractivity contribution in [3.63, 3.8) is 0 Å². The first kappa shape index (κ1) is 10.0. The molecule has 0 fully saturated rings. The van der Waals surface area contributed by atoms with Gasteiger partial charge in [0.1, 0.15) is 11.8 Å². The summed E-state index contributed by atoms with van der Waals surface area (Å²) in [6.45, 7) is 0. The van der Waals surface area contributed by atoms with E-state index in [2.05, 4.69) is 5.32 Å². The predicted molar refractivity (Wildman–Crippen MR) is 49.2 cm³/mol. The fourth-order valence-corrected chi connectivity index (χ4v) is 1.12. The zero-order valence-electron chi connectivity index (χ0n) is 7.31. The molecule has 14 heavy (non-hydrogen) atoms. The third-order valence-corrected chi connectivity index (χ3v) is 1.72. The lowest BCUT2D eigenvalue weighted by atomic mass is 10.1. The van der Waals surface area contributed by atoms with E-state index in [4.69, 9.17) is 10.8 Å². The van der Waals surface area contributed by atoms with Crippen LogP contribution in [-0.2, 0) is 9.59 Å². The second kappa shape index (κ2) is 4.27. The summed E-state index contributed by atoms with van der Waals surface area (Å²) >= 11 is 0. The lowest BCUT2D eigenvalue weighted by Crippen LogP contribution is -2.32. The average molecular weight is 194 g/mol. The second-order valence-electron chi connectivity index (χ2n) is 2.71. The van der Waals surface area contributed by atoms with Gasteiger partial charge in [-0.2, -0.15) is 0 Å². The number of primary amides is 1. The highest BCUT2D eigenvalue weighted by Crippen LogP contribution is 2.17. The Morgan fingerprint density at radius 1 is 1.57 bits per heavy atom. The number of hydrogen-bond donors (Lipinski definition) is 3. The molecule has 0 spiro atoms. The maximum Gasteiger partial charge on any atom is 0.244 e. The number of carbonyl (C=O) groups excluding carboxylic acids is 2. The number of benzene rings is 1. The molecular formula is C9H10N2O3. The Morgan fingerprint density at radius 2 is 2.29 bits per heavy atom. The van der Waals surface area contributed by atoms with Crippen LogP contribution in [0.4, 0.5) is 0 Å². The summed E-state index contributed by atoms with van der Waals surface area (Å²) in [5.74, 6) is -0.663. The van der Waals surface area contributed by atoms with E-state index in [-0.39, 0.29) is 5.75 Å². The average Bonchev–Trinajstić information content (AvgIpc) is 2.13. The molecule has 1 unspecified atom stereocenters. The van der Waals surface area contributed by atoms with Gasteiger partial charge in [-0.05, 0) is 17.7 Å². The van der Waals surface area contributed by atoms with Crippen LogP contribution in [0.3, 0.4) is 0 Å². The van der Waals surface area contributed by atoms with Gasteiger partial charge in [0.15, 0.2) is 0 Å². The van der Waals surface area contributed by atoms with Gasteiger partial charge < -0.3 is 16.2 Å². The predicted octanol–water partition coefficient (Wildman–Crippen LogP) is -0.335. The molecule has 1 aromatic carbocycles. The van der Waals surface area contributed by atoms with Crippen molar-refractivity contribution in [3.8, 4) is 5.75 Å². The quantitative estimate of drug-likeness (QED) is 0.573. The monoisotopic (exact) mass is 194 g/mol. The number of hydrogen-bond acceptors (Lipinski definition) is 3. The van der Waals surface area contributed by atoms with Crippen LogP contribution < -0.4 is 11.1 Å². The Kier molecular flexibility index (Phi) is 3.06. The normalized spacial score (nSPS) is 11.7. The number of nitrogens with one attached hydrogen (secondary N) is 1. The second-order valence-corrected chi connectivity index (χ2v) is 2.71. The first-order chi connectivity index (χ1) is 6.65. The van der Waals surface area contributed by atoms with Crippen molar-refractivity contribution in [3.05, 3.63) is 29.8 Å². The molecule has 0 radical (unpaired) electrons. The Labute approximate surface area is 80.5 Å². The number of rotatable bonds is 4. The SMILES string of the molecule is NC(=O)C(NC=O)c1cccc(O)c1. The zero-order chi connectivity index (χ0) is 10.6. The molecule has 1 atom stereocenters. The van der Waals surface area contributed by atoms with Crippen LogP contribution in [0.15, 0.2) is 24.3 Å². The number of phenolic OH excluding ortho intramolecular Hbond substituents is 1. The Morgan fingerprint density at radius 3 is 2.79 bits per heavy atom. The molecule has 5 heteroatoms. The molecule has 1 aromatic rings. The van der Waals surface area contributed by atoms with Gasteiger partial charge in [-0.15, -0.1) is 0 Å². The van der Waals surface area contributed by atoms with Crippen molar-refractivity contribution >= 4 is 12.3 Å². The highest BCUT2D eigenvalue weighted by molar-refractivity contribution is 5.83. The molecular weight excluding hydrogens is 184 g/mol. The van der Waals surface area contributed by atoms with E-state index < -0.39 is 11.9 Å². The van der Waals surface area contributed by atoms with Crippen LogP contribution in [0.2, 0.25) is 0 Å². The summed E-state index contributed by atoms with van der Waals surface area (Å²) in [6.07, 6.45) is 0.388. The Bertz CT molecular complexity index is 352. The van der Waals surface area contributed by atoms with Crippen molar-refractivity contribution in [2.24, 2.45) is 5.73 Å². The van der Waals surface area contributed by atoms with Crippen LogP contribution in [0.5, 0.6) is 5.75 Å². The number of aromatic hydroxyl groups is 1. The van der Waals surface area contributed by atoms with E-state index in [1.165, 1.54) is 12.1 Å². The van der Waals surface area contributed by atoms with Gasteiger partial charge in [-0.3, -0.25) is 9.59 Å². The molecule has 0 bridgehead atoms. The molecule has 5 nitrogen and oxygen atoms in total. The van der Waals surface area contributed by atoms with Crippen LogP contribution in [-0.4, -0.2) is 17.4 Å². The summed E-state index contributed by atoms with van der Waals surface area (Å²) < 4.78 is 0. The number of phenols is 1. The molecule has 4 N–H and O–H groups in total. The van der Waals surface area contributed by atoms with Gasteiger partial charge in [0, 0.05) is 0 Å². The van der Waals surface area contributed by atoms with Crippen molar-refractivity contribution in [1.82, 2.24) is 5.32 Å². The standard InChI is InChI=1S/C9H10N2O3/c10-9(14)8(11-5-12)6-2-1-3-7(13)4-6/h1-5,8,13H,(H2,10,14)(H,11,12). The molecule has 2 amide bonds. The lowest BCUT2D eigenvalue weighted by molar-refractivity contribution is -0.122. The van der Waals surface area contributed by atoms with E-state index in [0.717, 1.165) is 0 Å². The molecule has 0 saturated carbocycles. The summed E-state index contributed by atoms with van der Waals surface area (Å²) in [4.78, 5) is 21.1. The maximum absolute atomic E-state index is 10.9. The first-order valence-electron chi connectivity index (χ1n) is 3.93. The third kappa shape index (κ3) is 2.22. The Balaban J connectivity index is 2.98. The molecule has 0 aliphatic rings.